The van der Waals surface area contributed by atoms with E-state index in [9.17, 15) is 18.4 Å². The Balaban J connectivity index is 1.69. The number of anilines is 1. The molecule has 138 valence electrons. The van der Waals surface area contributed by atoms with Crippen LogP contribution in [0.5, 0.6) is 0 Å². The SMILES string of the molecule is CCc1oc(C(=O)NC2CCN(c3c(F)cccc3F)C2)cc1C(=O)O. The number of carboxylic acids is 1. The first kappa shape index (κ1) is 17.9. The molecule has 1 aliphatic rings. The third-order valence-electron chi connectivity index (χ3n) is 4.36. The molecular formula is C18H18F2N2O4. The number of hydrogen-bond acceptors (Lipinski definition) is 4. The van der Waals surface area contributed by atoms with E-state index in [-0.39, 0.29) is 35.4 Å². The topological polar surface area (TPSA) is 82.8 Å². The first-order valence-electron chi connectivity index (χ1n) is 8.26. The smallest absolute Gasteiger partial charge is 0.339 e. The molecule has 3 rings (SSSR count). The molecule has 0 bridgehead atoms. The van der Waals surface area contributed by atoms with Gasteiger partial charge in [0.15, 0.2) is 5.76 Å². The van der Waals surface area contributed by atoms with Gasteiger partial charge in [0.2, 0.25) is 0 Å². The minimum absolute atomic E-state index is 0.0425. The number of amides is 1. The van der Waals surface area contributed by atoms with Gasteiger partial charge < -0.3 is 19.7 Å². The third kappa shape index (κ3) is 3.40. The summed E-state index contributed by atoms with van der Waals surface area (Å²) in [5, 5.41) is 11.8. The number of para-hydroxylation sites is 1. The zero-order valence-electron chi connectivity index (χ0n) is 14.1. The summed E-state index contributed by atoms with van der Waals surface area (Å²) in [5.74, 6) is -2.87. The van der Waals surface area contributed by atoms with E-state index in [1.54, 1.807) is 6.92 Å². The van der Waals surface area contributed by atoms with Gasteiger partial charge in [-0.05, 0) is 18.6 Å². The maximum atomic E-state index is 13.9. The van der Waals surface area contributed by atoms with Crippen LogP contribution in [0.15, 0.2) is 28.7 Å². The Bertz CT molecular complexity index is 829. The van der Waals surface area contributed by atoms with Crippen LogP contribution in [0, 0.1) is 11.6 Å². The number of aromatic carboxylic acids is 1. The fraction of sp³-hybridized carbons (Fsp3) is 0.333. The molecule has 1 unspecified atom stereocenters. The monoisotopic (exact) mass is 364 g/mol. The van der Waals surface area contributed by atoms with Crippen molar-refractivity contribution in [3.8, 4) is 0 Å². The Morgan fingerprint density at radius 2 is 2.04 bits per heavy atom. The first-order chi connectivity index (χ1) is 12.4. The van der Waals surface area contributed by atoms with Gasteiger partial charge in [-0.1, -0.05) is 13.0 Å². The highest BCUT2D eigenvalue weighted by molar-refractivity contribution is 5.96. The Labute approximate surface area is 148 Å². The Kier molecular flexibility index (Phi) is 4.92. The van der Waals surface area contributed by atoms with Crippen molar-refractivity contribution in [2.75, 3.05) is 18.0 Å². The van der Waals surface area contributed by atoms with Crippen LogP contribution in [0.25, 0.3) is 0 Å². The van der Waals surface area contributed by atoms with Gasteiger partial charge in [0.05, 0.1) is 0 Å². The van der Waals surface area contributed by atoms with Gasteiger partial charge in [0.25, 0.3) is 5.91 Å². The van der Waals surface area contributed by atoms with E-state index in [2.05, 4.69) is 5.32 Å². The van der Waals surface area contributed by atoms with Gasteiger partial charge in [-0.3, -0.25) is 4.79 Å². The predicted octanol–water partition coefficient (Wildman–Crippen LogP) is 2.83. The van der Waals surface area contributed by atoms with Crippen molar-refractivity contribution >= 4 is 17.6 Å². The van der Waals surface area contributed by atoms with Crippen LogP contribution in [0.2, 0.25) is 0 Å². The molecule has 0 saturated carbocycles. The third-order valence-corrected chi connectivity index (χ3v) is 4.36. The summed E-state index contributed by atoms with van der Waals surface area (Å²) in [4.78, 5) is 25.0. The summed E-state index contributed by atoms with van der Waals surface area (Å²) in [6.45, 7) is 2.36. The van der Waals surface area contributed by atoms with Crippen molar-refractivity contribution in [2.24, 2.45) is 0 Å². The molecule has 0 radical (unpaired) electrons. The van der Waals surface area contributed by atoms with Crippen LogP contribution in [-0.2, 0) is 6.42 Å². The van der Waals surface area contributed by atoms with Crippen molar-refractivity contribution in [1.29, 1.82) is 0 Å². The molecule has 2 aromatic rings. The van der Waals surface area contributed by atoms with Crippen molar-refractivity contribution in [3.05, 3.63) is 53.0 Å². The van der Waals surface area contributed by atoms with E-state index >= 15 is 0 Å². The number of nitrogens with zero attached hydrogens (tertiary/aromatic N) is 1. The minimum Gasteiger partial charge on any atom is -0.478 e. The number of hydrogen-bond donors (Lipinski definition) is 2. The lowest BCUT2D eigenvalue weighted by atomic mass is 10.2. The van der Waals surface area contributed by atoms with E-state index < -0.39 is 23.5 Å². The van der Waals surface area contributed by atoms with E-state index in [1.165, 1.54) is 29.2 Å². The van der Waals surface area contributed by atoms with Gasteiger partial charge in [-0.2, -0.15) is 0 Å². The van der Waals surface area contributed by atoms with Crippen LogP contribution in [0.4, 0.5) is 14.5 Å². The quantitative estimate of drug-likeness (QED) is 0.853. The molecule has 1 amide bonds. The molecule has 0 aliphatic carbocycles. The summed E-state index contributed by atoms with van der Waals surface area (Å²) < 4.78 is 33.1. The normalized spacial score (nSPS) is 16.7. The van der Waals surface area contributed by atoms with Crippen molar-refractivity contribution in [3.63, 3.8) is 0 Å². The van der Waals surface area contributed by atoms with Crippen LogP contribution >= 0.6 is 0 Å². The Hall–Kier alpha value is -2.90. The van der Waals surface area contributed by atoms with Gasteiger partial charge in [0, 0.05) is 31.6 Å². The number of benzene rings is 1. The number of aryl methyl sites for hydroxylation is 1. The lowest BCUT2D eigenvalue weighted by Gasteiger charge is -2.20. The van der Waals surface area contributed by atoms with Gasteiger partial charge >= 0.3 is 5.97 Å². The number of rotatable bonds is 5. The van der Waals surface area contributed by atoms with Crippen molar-refractivity contribution in [1.82, 2.24) is 5.32 Å². The second-order valence-electron chi connectivity index (χ2n) is 6.08. The molecule has 1 atom stereocenters. The molecule has 1 aromatic heterocycles. The molecular weight excluding hydrogens is 346 g/mol. The molecule has 0 spiro atoms. The number of carbonyl (C=O) groups is 2. The molecule has 2 N–H and O–H groups in total. The summed E-state index contributed by atoms with van der Waals surface area (Å²) in [6.07, 6.45) is 0.853. The fourth-order valence-corrected chi connectivity index (χ4v) is 3.11. The molecule has 26 heavy (non-hydrogen) atoms. The summed E-state index contributed by atoms with van der Waals surface area (Å²) >= 11 is 0. The molecule has 1 aliphatic heterocycles. The van der Waals surface area contributed by atoms with E-state index in [1.807, 2.05) is 0 Å². The second-order valence-corrected chi connectivity index (χ2v) is 6.08. The molecule has 6 nitrogen and oxygen atoms in total. The van der Waals surface area contributed by atoms with Crippen LogP contribution in [0.3, 0.4) is 0 Å². The van der Waals surface area contributed by atoms with Crippen molar-refractivity contribution in [2.45, 2.75) is 25.8 Å². The highest BCUT2D eigenvalue weighted by Crippen LogP contribution is 2.27. The summed E-state index contributed by atoms with van der Waals surface area (Å²) in [5.41, 5.74) is -0.150. The molecule has 1 aromatic carbocycles. The van der Waals surface area contributed by atoms with E-state index in [4.69, 9.17) is 9.52 Å². The largest absolute Gasteiger partial charge is 0.478 e. The number of halogens is 2. The van der Waals surface area contributed by atoms with Gasteiger partial charge in [-0.25, -0.2) is 13.6 Å². The maximum Gasteiger partial charge on any atom is 0.339 e. The van der Waals surface area contributed by atoms with Crippen molar-refractivity contribution < 1.29 is 27.9 Å². The average Bonchev–Trinajstić information content (AvgIpc) is 3.21. The summed E-state index contributed by atoms with van der Waals surface area (Å²) in [7, 11) is 0. The lowest BCUT2D eigenvalue weighted by Crippen LogP contribution is -2.37. The zero-order valence-corrected chi connectivity index (χ0v) is 14.1. The highest BCUT2D eigenvalue weighted by atomic mass is 19.1. The van der Waals surface area contributed by atoms with Crippen LogP contribution in [0.1, 0.15) is 40.0 Å². The maximum absolute atomic E-state index is 13.9. The number of nitrogens with one attached hydrogen (secondary N) is 1. The molecule has 1 fully saturated rings. The molecule has 1 saturated heterocycles. The number of carbonyl (C=O) groups excluding carboxylic acids is 1. The lowest BCUT2D eigenvalue weighted by molar-refractivity contribution is 0.0694. The van der Waals surface area contributed by atoms with E-state index in [0.717, 1.165) is 0 Å². The molecule has 8 heteroatoms. The molecule has 2 heterocycles. The summed E-state index contributed by atoms with van der Waals surface area (Å²) in [6, 6.07) is 4.54. The Morgan fingerprint density at radius 1 is 1.35 bits per heavy atom. The fourth-order valence-electron chi connectivity index (χ4n) is 3.11. The average molecular weight is 364 g/mol. The number of furan rings is 1. The Morgan fingerprint density at radius 3 is 2.62 bits per heavy atom. The standard InChI is InChI=1S/C18H18F2N2O4/c1-2-14-11(18(24)25)8-15(26-14)17(23)21-10-6-7-22(9-10)16-12(19)4-3-5-13(16)20/h3-5,8,10H,2,6-7,9H2,1H3,(H,21,23)(H,24,25). The van der Waals surface area contributed by atoms with Crippen LogP contribution < -0.4 is 10.2 Å². The minimum atomic E-state index is -1.16. The van der Waals surface area contributed by atoms with Gasteiger partial charge in [-0.15, -0.1) is 0 Å². The van der Waals surface area contributed by atoms with Gasteiger partial charge in [0.1, 0.15) is 28.6 Å². The first-order valence-corrected chi connectivity index (χ1v) is 8.26. The van der Waals surface area contributed by atoms with E-state index in [0.29, 0.717) is 19.4 Å². The predicted molar refractivity (Wildman–Crippen MR) is 89.5 cm³/mol. The second kappa shape index (κ2) is 7.15. The zero-order chi connectivity index (χ0) is 18.8. The number of carboxylic acid groups (broad SMARTS) is 1. The highest BCUT2D eigenvalue weighted by Gasteiger charge is 2.29. The van der Waals surface area contributed by atoms with Crippen LogP contribution in [-0.4, -0.2) is 36.1 Å².